The second-order valence-corrected chi connectivity index (χ2v) is 3.75. The van der Waals surface area contributed by atoms with Gasteiger partial charge in [0.25, 0.3) is 0 Å². The molecule has 2 N–H and O–H groups in total. The van der Waals surface area contributed by atoms with Crippen LogP contribution in [0.3, 0.4) is 0 Å². The lowest BCUT2D eigenvalue weighted by molar-refractivity contribution is -0.136. The molecule has 0 spiro atoms. The Kier molecular flexibility index (Phi) is 2.91. The van der Waals surface area contributed by atoms with Crippen LogP contribution in [0, 0.1) is 12.7 Å². The van der Waals surface area contributed by atoms with Crippen LogP contribution < -0.4 is 0 Å². The van der Waals surface area contributed by atoms with Crippen LogP contribution in [0.5, 0.6) is 0 Å². The zero-order valence-corrected chi connectivity index (χ0v) is 9.20. The fourth-order valence-electron chi connectivity index (χ4n) is 1.78. The van der Waals surface area contributed by atoms with E-state index in [1.54, 1.807) is 19.1 Å². The Morgan fingerprint density at radius 3 is 2.94 bits per heavy atom. The number of nitrogens with zero attached hydrogens (tertiary/aromatic N) is 1. The minimum absolute atomic E-state index is 0.184. The molecule has 0 fully saturated rings. The summed E-state index contributed by atoms with van der Waals surface area (Å²) in [6.45, 7) is 1.78. The van der Waals surface area contributed by atoms with Crippen molar-refractivity contribution in [2.75, 3.05) is 0 Å². The highest BCUT2D eigenvalue weighted by atomic mass is 19.1. The van der Waals surface area contributed by atoms with Gasteiger partial charge < -0.3 is 5.11 Å². The van der Waals surface area contributed by atoms with Crippen molar-refractivity contribution in [2.45, 2.75) is 13.3 Å². The van der Waals surface area contributed by atoms with Gasteiger partial charge in [-0.25, -0.2) is 4.39 Å². The van der Waals surface area contributed by atoms with Gasteiger partial charge in [-0.2, -0.15) is 5.10 Å². The molecule has 1 aromatic carbocycles. The first-order valence-electron chi connectivity index (χ1n) is 5.09. The number of nitrogens with one attached hydrogen (secondary N) is 1. The van der Waals surface area contributed by atoms with Gasteiger partial charge in [-0.1, -0.05) is 12.1 Å². The smallest absolute Gasteiger partial charge is 0.309 e. The second kappa shape index (κ2) is 4.37. The monoisotopic (exact) mass is 234 g/mol. The van der Waals surface area contributed by atoms with Crippen LogP contribution in [0.1, 0.15) is 11.4 Å². The molecule has 0 saturated carbocycles. The third kappa shape index (κ3) is 2.33. The lowest BCUT2D eigenvalue weighted by atomic mass is 10.0. The van der Waals surface area contributed by atoms with Gasteiger partial charge in [0.2, 0.25) is 0 Å². The zero-order valence-electron chi connectivity index (χ0n) is 9.20. The normalized spacial score (nSPS) is 10.5. The van der Waals surface area contributed by atoms with E-state index in [2.05, 4.69) is 10.2 Å². The predicted octanol–water partition coefficient (Wildman–Crippen LogP) is 2.15. The maximum absolute atomic E-state index is 13.1. The number of carboxylic acids is 1. The van der Waals surface area contributed by atoms with Crippen LogP contribution in [-0.4, -0.2) is 21.3 Å². The Hall–Kier alpha value is -2.17. The third-order valence-corrected chi connectivity index (χ3v) is 2.45. The lowest BCUT2D eigenvalue weighted by Crippen LogP contribution is -2.02. The van der Waals surface area contributed by atoms with Gasteiger partial charge in [0.15, 0.2) is 0 Å². The summed E-state index contributed by atoms with van der Waals surface area (Å²) in [6.07, 6.45) is -0.184. The highest BCUT2D eigenvalue weighted by Crippen LogP contribution is 2.26. The maximum atomic E-state index is 13.1. The summed E-state index contributed by atoms with van der Waals surface area (Å²) in [6, 6.07) is 6.02. The molecular weight excluding hydrogens is 223 g/mol. The van der Waals surface area contributed by atoms with Crippen LogP contribution in [0.15, 0.2) is 24.3 Å². The van der Waals surface area contributed by atoms with Crippen molar-refractivity contribution in [1.82, 2.24) is 10.2 Å². The largest absolute Gasteiger partial charge is 0.481 e. The number of H-pyrrole nitrogens is 1. The van der Waals surface area contributed by atoms with Crippen molar-refractivity contribution >= 4 is 5.97 Å². The van der Waals surface area contributed by atoms with Crippen molar-refractivity contribution in [1.29, 1.82) is 0 Å². The third-order valence-electron chi connectivity index (χ3n) is 2.45. The lowest BCUT2D eigenvalue weighted by Gasteiger charge is -2.02. The van der Waals surface area contributed by atoms with E-state index in [4.69, 9.17) is 5.11 Å². The molecule has 0 unspecified atom stereocenters. The molecule has 2 rings (SSSR count). The number of hydrogen-bond donors (Lipinski definition) is 2. The Bertz CT molecular complexity index is 563. The number of aromatic amines is 1. The average Bonchev–Trinajstić information content (AvgIpc) is 2.59. The highest BCUT2D eigenvalue weighted by Gasteiger charge is 2.15. The van der Waals surface area contributed by atoms with Gasteiger partial charge in [0, 0.05) is 11.3 Å². The number of benzene rings is 1. The van der Waals surface area contributed by atoms with Crippen LogP contribution in [0.25, 0.3) is 11.1 Å². The van der Waals surface area contributed by atoms with Gasteiger partial charge in [-0.05, 0) is 24.6 Å². The molecule has 17 heavy (non-hydrogen) atoms. The number of rotatable bonds is 3. The van der Waals surface area contributed by atoms with Crippen LogP contribution in [-0.2, 0) is 11.2 Å². The summed E-state index contributed by atoms with van der Waals surface area (Å²) >= 11 is 0. The maximum Gasteiger partial charge on any atom is 0.309 e. The van der Waals surface area contributed by atoms with Crippen molar-refractivity contribution in [2.24, 2.45) is 0 Å². The van der Waals surface area contributed by atoms with E-state index in [0.29, 0.717) is 16.8 Å². The summed E-state index contributed by atoms with van der Waals surface area (Å²) in [5.41, 5.74) is 2.44. The molecule has 5 heteroatoms. The predicted molar refractivity (Wildman–Crippen MR) is 60.1 cm³/mol. The molecule has 0 aliphatic rings. The van der Waals surface area contributed by atoms with Gasteiger partial charge >= 0.3 is 5.97 Å². The number of carboxylic acid groups (broad SMARTS) is 1. The van der Waals surface area contributed by atoms with Crippen molar-refractivity contribution in [3.8, 4) is 11.1 Å². The fourth-order valence-corrected chi connectivity index (χ4v) is 1.78. The Morgan fingerprint density at radius 1 is 1.53 bits per heavy atom. The Labute approximate surface area is 97.1 Å². The Morgan fingerprint density at radius 2 is 2.29 bits per heavy atom. The van der Waals surface area contributed by atoms with Gasteiger partial charge in [-0.3, -0.25) is 9.89 Å². The minimum Gasteiger partial charge on any atom is -0.481 e. The molecule has 0 radical (unpaired) electrons. The quantitative estimate of drug-likeness (QED) is 0.855. The number of carbonyl (C=O) groups is 1. The number of halogens is 1. The van der Waals surface area contributed by atoms with E-state index < -0.39 is 5.97 Å². The molecule has 1 heterocycles. The summed E-state index contributed by atoms with van der Waals surface area (Å²) in [5.74, 6) is -1.32. The molecule has 1 aromatic heterocycles. The molecule has 0 atom stereocenters. The first-order valence-corrected chi connectivity index (χ1v) is 5.09. The fraction of sp³-hybridized carbons (Fsp3) is 0.167. The Balaban J connectivity index is 2.50. The van der Waals surface area contributed by atoms with Gasteiger partial charge in [0.05, 0.1) is 12.1 Å². The topological polar surface area (TPSA) is 66.0 Å². The van der Waals surface area contributed by atoms with Crippen molar-refractivity contribution in [3.63, 3.8) is 0 Å². The number of aromatic nitrogens is 2. The summed E-state index contributed by atoms with van der Waals surface area (Å²) < 4.78 is 13.1. The molecule has 88 valence electrons. The number of hydrogen-bond acceptors (Lipinski definition) is 2. The summed E-state index contributed by atoms with van der Waals surface area (Å²) in [4.78, 5) is 10.7. The molecule has 4 nitrogen and oxygen atoms in total. The zero-order chi connectivity index (χ0) is 12.4. The van der Waals surface area contributed by atoms with Gasteiger partial charge in [0.1, 0.15) is 5.82 Å². The van der Waals surface area contributed by atoms with Crippen molar-refractivity contribution < 1.29 is 14.3 Å². The standard InChI is InChI=1S/C12H11FN2O2/c1-7-12(8-3-2-4-9(13)5-8)10(15-14-7)6-11(16)17/h2-5H,6H2,1H3,(H,14,15)(H,16,17). The van der Waals surface area contributed by atoms with Crippen LogP contribution >= 0.6 is 0 Å². The van der Waals surface area contributed by atoms with E-state index in [1.165, 1.54) is 12.1 Å². The van der Waals surface area contributed by atoms with Crippen molar-refractivity contribution in [3.05, 3.63) is 41.5 Å². The molecule has 0 amide bonds. The number of aliphatic carboxylic acids is 1. The highest BCUT2D eigenvalue weighted by molar-refractivity contribution is 5.76. The molecule has 0 aliphatic carbocycles. The molecule has 0 aliphatic heterocycles. The van der Waals surface area contributed by atoms with Crippen LogP contribution in [0.4, 0.5) is 4.39 Å². The summed E-state index contributed by atoms with van der Waals surface area (Å²) in [7, 11) is 0. The molecule has 0 bridgehead atoms. The second-order valence-electron chi connectivity index (χ2n) is 3.75. The van der Waals surface area contributed by atoms with Gasteiger partial charge in [-0.15, -0.1) is 0 Å². The van der Waals surface area contributed by atoms with E-state index in [0.717, 1.165) is 5.69 Å². The van der Waals surface area contributed by atoms with E-state index >= 15 is 0 Å². The molecular formula is C12H11FN2O2. The van der Waals surface area contributed by atoms with Crippen LogP contribution in [0.2, 0.25) is 0 Å². The summed E-state index contributed by atoms with van der Waals surface area (Å²) in [5, 5.41) is 15.4. The average molecular weight is 234 g/mol. The van der Waals surface area contributed by atoms with E-state index in [9.17, 15) is 9.18 Å². The molecule has 2 aromatic rings. The molecule has 0 saturated heterocycles. The number of aryl methyl sites for hydroxylation is 1. The SMILES string of the molecule is Cc1[nH]nc(CC(=O)O)c1-c1cccc(F)c1. The van der Waals surface area contributed by atoms with E-state index in [1.807, 2.05) is 0 Å². The minimum atomic E-state index is -0.964. The first-order chi connectivity index (χ1) is 8.08. The first kappa shape index (κ1) is 11.3. The van der Waals surface area contributed by atoms with E-state index in [-0.39, 0.29) is 12.2 Å².